The number of benzene rings is 2. The quantitative estimate of drug-likeness (QED) is 0.499. The molecule has 0 radical (unpaired) electrons. The van der Waals surface area contributed by atoms with Gasteiger partial charge in [0.25, 0.3) is 15.9 Å². The van der Waals surface area contributed by atoms with Gasteiger partial charge >= 0.3 is 0 Å². The third-order valence-electron chi connectivity index (χ3n) is 5.48. The molecule has 1 unspecified atom stereocenters. The van der Waals surface area contributed by atoms with Gasteiger partial charge in [0.1, 0.15) is 11.3 Å². The van der Waals surface area contributed by atoms with Crippen molar-refractivity contribution in [2.75, 3.05) is 17.9 Å². The Morgan fingerprint density at radius 1 is 1.15 bits per heavy atom. The average molecular weight is 482 g/mol. The molecule has 1 aromatic heterocycles. The van der Waals surface area contributed by atoms with Crippen molar-refractivity contribution in [1.29, 1.82) is 0 Å². The number of amides is 1. The van der Waals surface area contributed by atoms with Crippen molar-refractivity contribution in [3.8, 4) is 11.6 Å². The van der Waals surface area contributed by atoms with Crippen LogP contribution in [-0.4, -0.2) is 38.6 Å². The second-order valence-corrected chi connectivity index (χ2v) is 9.85. The summed E-state index contributed by atoms with van der Waals surface area (Å²) in [5, 5.41) is 2.87. The van der Waals surface area contributed by atoms with Crippen LogP contribution >= 0.6 is 0 Å². The van der Waals surface area contributed by atoms with Crippen molar-refractivity contribution in [2.45, 2.75) is 37.7 Å². The Hall–Kier alpha value is -3.43. The number of aromatic nitrogens is 1. The predicted octanol–water partition coefficient (Wildman–Crippen LogP) is 4.20. The van der Waals surface area contributed by atoms with Crippen LogP contribution in [0.4, 0.5) is 5.69 Å². The molecule has 1 fully saturated rings. The van der Waals surface area contributed by atoms with Crippen LogP contribution in [-0.2, 0) is 14.8 Å². The maximum atomic E-state index is 12.8. The summed E-state index contributed by atoms with van der Waals surface area (Å²) in [6.45, 7) is 4.76. The lowest BCUT2D eigenvalue weighted by atomic mass is 10.2. The van der Waals surface area contributed by atoms with E-state index in [0.717, 1.165) is 25.0 Å². The van der Waals surface area contributed by atoms with E-state index in [9.17, 15) is 13.2 Å². The van der Waals surface area contributed by atoms with E-state index >= 15 is 0 Å². The van der Waals surface area contributed by atoms with Gasteiger partial charge < -0.3 is 14.8 Å². The second-order valence-electron chi connectivity index (χ2n) is 8.20. The third kappa shape index (κ3) is 5.73. The first kappa shape index (κ1) is 23.7. The molecular formula is C25H27N3O5S. The van der Waals surface area contributed by atoms with E-state index in [1.165, 1.54) is 0 Å². The van der Waals surface area contributed by atoms with Gasteiger partial charge in [-0.1, -0.05) is 12.1 Å². The molecule has 1 amide bonds. The maximum absolute atomic E-state index is 12.8. The topological polar surface area (TPSA) is 107 Å². The van der Waals surface area contributed by atoms with E-state index in [1.807, 2.05) is 13.0 Å². The zero-order valence-electron chi connectivity index (χ0n) is 19.1. The number of nitrogens with one attached hydrogen (secondary N) is 2. The van der Waals surface area contributed by atoms with Crippen LogP contribution < -0.4 is 14.8 Å². The lowest BCUT2D eigenvalue weighted by Crippen LogP contribution is -2.32. The number of sulfonamides is 1. The van der Waals surface area contributed by atoms with Crippen LogP contribution in [0.2, 0.25) is 0 Å². The molecule has 2 N–H and O–H groups in total. The summed E-state index contributed by atoms with van der Waals surface area (Å²) < 4.78 is 39.6. The van der Waals surface area contributed by atoms with Gasteiger partial charge in [0.2, 0.25) is 5.88 Å². The number of carbonyl (C=O) groups is 1. The number of hydrogen-bond acceptors (Lipinski definition) is 6. The van der Waals surface area contributed by atoms with Gasteiger partial charge in [-0.25, -0.2) is 13.4 Å². The fraction of sp³-hybridized carbons (Fsp3) is 0.280. The molecule has 2 aromatic carbocycles. The minimum Gasteiger partial charge on any atom is -0.438 e. The number of aryl methyl sites for hydroxylation is 2. The minimum absolute atomic E-state index is 0.0323. The Morgan fingerprint density at radius 2 is 1.94 bits per heavy atom. The molecule has 2 heterocycles. The Balaban J connectivity index is 1.44. The van der Waals surface area contributed by atoms with Crippen molar-refractivity contribution >= 4 is 21.6 Å². The Kier molecular flexibility index (Phi) is 7.14. The van der Waals surface area contributed by atoms with E-state index in [-0.39, 0.29) is 22.8 Å². The van der Waals surface area contributed by atoms with Crippen LogP contribution in [0.3, 0.4) is 0 Å². The molecule has 0 aliphatic carbocycles. The first-order chi connectivity index (χ1) is 16.3. The van der Waals surface area contributed by atoms with Crippen molar-refractivity contribution in [3.05, 3.63) is 77.5 Å². The molecule has 1 aliphatic heterocycles. The highest BCUT2D eigenvalue weighted by Crippen LogP contribution is 2.26. The molecule has 1 atom stereocenters. The zero-order chi connectivity index (χ0) is 24.1. The molecular weight excluding hydrogens is 454 g/mol. The van der Waals surface area contributed by atoms with Gasteiger partial charge in [-0.3, -0.25) is 9.52 Å². The number of carbonyl (C=O) groups excluding carboxylic acids is 1. The number of nitrogens with zero attached hydrogens (tertiary/aromatic N) is 1. The highest BCUT2D eigenvalue weighted by atomic mass is 32.2. The number of hydrogen-bond donors (Lipinski definition) is 2. The summed E-state index contributed by atoms with van der Waals surface area (Å²) in [5.74, 6) is 0.286. The normalized spacial score (nSPS) is 15.6. The molecule has 4 rings (SSSR count). The summed E-state index contributed by atoms with van der Waals surface area (Å²) in [4.78, 5) is 17.1. The summed E-state index contributed by atoms with van der Waals surface area (Å²) in [7, 11) is -3.74. The van der Waals surface area contributed by atoms with Crippen LogP contribution in [0.1, 0.15) is 34.3 Å². The number of ether oxygens (including phenoxy) is 2. The SMILES string of the molecule is Cc1ccc(C)c(S(=O)(=O)Nc2ccc(Oc3ncccc3C(=O)NCC3CCCO3)cc2)c1. The maximum Gasteiger partial charge on any atom is 0.262 e. The monoisotopic (exact) mass is 481 g/mol. The lowest BCUT2D eigenvalue weighted by Gasteiger charge is -2.14. The van der Waals surface area contributed by atoms with Gasteiger partial charge in [-0.05, 0) is 80.3 Å². The van der Waals surface area contributed by atoms with Gasteiger partial charge in [-0.2, -0.15) is 0 Å². The largest absolute Gasteiger partial charge is 0.438 e. The Morgan fingerprint density at radius 3 is 2.68 bits per heavy atom. The third-order valence-corrected chi connectivity index (χ3v) is 7.01. The minimum atomic E-state index is -3.74. The van der Waals surface area contributed by atoms with Gasteiger partial charge in [0.15, 0.2) is 0 Å². The predicted molar refractivity (Wildman–Crippen MR) is 129 cm³/mol. The standard InChI is InChI=1S/C25H27N3O5S/c1-17-7-8-18(2)23(15-17)34(30,31)28-19-9-11-20(12-10-19)33-25-22(6-3-13-26-25)24(29)27-16-21-5-4-14-32-21/h3,6-13,15,21,28H,4-5,14,16H2,1-2H3,(H,27,29). The van der Waals surface area contributed by atoms with E-state index in [0.29, 0.717) is 29.1 Å². The molecule has 9 heteroatoms. The molecule has 34 heavy (non-hydrogen) atoms. The van der Waals surface area contributed by atoms with Crippen molar-refractivity contribution in [3.63, 3.8) is 0 Å². The summed E-state index contributed by atoms with van der Waals surface area (Å²) in [6, 6.07) is 15.0. The molecule has 178 valence electrons. The molecule has 0 spiro atoms. The molecule has 1 saturated heterocycles. The number of rotatable bonds is 8. The summed E-state index contributed by atoms with van der Waals surface area (Å²) >= 11 is 0. The Bertz CT molecular complexity index is 1270. The van der Waals surface area contributed by atoms with Crippen LogP contribution in [0.5, 0.6) is 11.6 Å². The molecule has 0 bridgehead atoms. The van der Waals surface area contributed by atoms with Gasteiger partial charge in [0, 0.05) is 25.0 Å². The smallest absolute Gasteiger partial charge is 0.262 e. The highest BCUT2D eigenvalue weighted by Gasteiger charge is 2.20. The van der Waals surface area contributed by atoms with E-state index in [2.05, 4.69) is 15.0 Å². The summed E-state index contributed by atoms with van der Waals surface area (Å²) in [6.07, 6.45) is 3.50. The fourth-order valence-electron chi connectivity index (χ4n) is 3.66. The van der Waals surface area contributed by atoms with Crippen molar-refractivity contribution in [2.24, 2.45) is 0 Å². The lowest BCUT2D eigenvalue weighted by molar-refractivity contribution is 0.0855. The zero-order valence-corrected chi connectivity index (χ0v) is 19.9. The highest BCUT2D eigenvalue weighted by molar-refractivity contribution is 7.92. The van der Waals surface area contributed by atoms with Crippen LogP contribution in [0, 0.1) is 13.8 Å². The average Bonchev–Trinajstić information content (AvgIpc) is 3.34. The van der Waals surface area contributed by atoms with Crippen molar-refractivity contribution in [1.82, 2.24) is 10.3 Å². The van der Waals surface area contributed by atoms with E-state index < -0.39 is 10.0 Å². The summed E-state index contributed by atoms with van der Waals surface area (Å²) in [5.41, 5.74) is 2.23. The first-order valence-corrected chi connectivity index (χ1v) is 12.5. The second kappa shape index (κ2) is 10.2. The number of anilines is 1. The molecule has 1 aliphatic rings. The fourth-order valence-corrected chi connectivity index (χ4v) is 5.05. The first-order valence-electron chi connectivity index (χ1n) is 11.0. The van der Waals surface area contributed by atoms with E-state index in [1.54, 1.807) is 61.7 Å². The number of pyridine rings is 1. The van der Waals surface area contributed by atoms with Gasteiger partial charge in [0.05, 0.1) is 11.0 Å². The van der Waals surface area contributed by atoms with Crippen molar-refractivity contribution < 1.29 is 22.7 Å². The van der Waals surface area contributed by atoms with Crippen LogP contribution in [0.25, 0.3) is 0 Å². The van der Waals surface area contributed by atoms with E-state index in [4.69, 9.17) is 9.47 Å². The molecule has 8 nitrogen and oxygen atoms in total. The van der Waals surface area contributed by atoms with Gasteiger partial charge in [-0.15, -0.1) is 0 Å². The molecule has 0 saturated carbocycles. The Labute approximate surface area is 199 Å². The molecule has 3 aromatic rings. The van der Waals surface area contributed by atoms with Crippen LogP contribution in [0.15, 0.2) is 65.7 Å².